The van der Waals surface area contributed by atoms with Crippen molar-refractivity contribution in [2.75, 3.05) is 13.2 Å². The number of ether oxygens (including phenoxy) is 1. The maximum Gasteiger partial charge on any atom is 1.00 e. The smallest absolute Gasteiger partial charge is 0.543 e. The van der Waals surface area contributed by atoms with Crippen LogP contribution in [-0.4, -0.2) is 70.5 Å². The number of rotatable bonds is 7. The van der Waals surface area contributed by atoms with Gasteiger partial charge in [-0.1, -0.05) is 6.92 Å². The van der Waals surface area contributed by atoms with E-state index in [2.05, 4.69) is 5.32 Å². The molecule has 0 saturated carbocycles. The molecule has 0 bridgehead atoms. The predicted molar refractivity (Wildman–Crippen MR) is 99.4 cm³/mol. The van der Waals surface area contributed by atoms with Gasteiger partial charge in [0.05, 0.1) is 41.9 Å². The molecule has 156 valence electrons. The van der Waals surface area contributed by atoms with Gasteiger partial charge in [0.1, 0.15) is 0 Å². The van der Waals surface area contributed by atoms with Crippen molar-refractivity contribution in [3.8, 4) is 0 Å². The number of thioether (sulfide) groups is 1. The average Bonchev–Trinajstić information content (AvgIpc) is 3.14. The van der Waals surface area contributed by atoms with Crippen LogP contribution in [-0.2, 0) is 19.1 Å². The zero-order chi connectivity index (χ0) is 20.7. The van der Waals surface area contributed by atoms with Crippen LogP contribution in [0.1, 0.15) is 27.2 Å². The Kier molecular flexibility index (Phi) is 8.22. The number of nitrogens with one attached hydrogen (secondary N) is 1. The normalized spacial score (nSPS) is 32.9. The molecule has 0 aromatic rings. The molecule has 3 aliphatic heterocycles. The summed E-state index contributed by atoms with van der Waals surface area (Å²) in [6, 6.07) is -0.997. The third-order valence-electron chi connectivity index (χ3n) is 5.62. The first-order valence-corrected chi connectivity index (χ1v) is 10.3. The van der Waals surface area contributed by atoms with Gasteiger partial charge in [-0.3, -0.25) is 9.59 Å². The average molecular weight is 435 g/mol. The summed E-state index contributed by atoms with van der Waals surface area (Å²) in [5.74, 6) is -2.89. The molecule has 0 spiro atoms. The van der Waals surface area contributed by atoms with Gasteiger partial charge in [-0.2, -0.15) is 0 Å². The van der Waals surface area contributed by atoms with E-state index in [0.29, 0.717) is 17.9 Å². The Morgan fingerprint density at radius 1 is 1.45 bits per heavy atom. The van der Waals surface area contributed by atoms with Crippen LogP contribution >= 0.6 is 11.8 Å². The summed E-state index contributed by atoms with van der Waals surface area (Å²) in [4.78, 5) is 37.7. The van der Waals surface area contributed by atoms with Gasteiger partial charge in [0.25, 0.3) is 0 Å². The van der Waals surface area contributed by atoms with Crippen LogP contribution in [0.15, 0.2) is 10.6 Å². The van der Waals surface area contributed by atoms with Gasteiger partial charge in [-0.15, -0.1) is 11.8 Å². The van der Waals surface area contributed by atoms with E-state index >= 15 is 0 Å². The third kappa shape index (κ3) is 4.53. The second-order valence-corrected chi connectivity index (χ2v) is 8.92. The van der Waals surface area contributed by atoms with Crippen molar-refractivity contribution in [1.29, 1.82) is 0 Å². The van der Waals surface area contributed by atoms with Gasteiger partial charge in [-0.05, 0) is 20.3 Å². The fourth-order valence-corrected chi connectivity index (χ4v) is 5.66. The molecule has 0 radical (unpaired) electrons. The minimum atomic E-state index is -1.39. The summed E-state index contributed by atoms with van der Waals surface area (Å²) in [5.41, 5.74) is 5.45. The van der Waals surface area contributed by atoms with Crippen molar-refractivity contribution in [3.63, 3.8) is 0 Å². The number of carbonyl (C=O) groups excluding carboxylic acids is 3. The molecule has 3 aliphatic rings. The molecule has 3 rings (SSSR count). The van der Waals surface area contributed by atoms with Crippen LogP contribution in [0.2, 0.25) is 0 Å². The van der Waals surface area contributed by atoms with Crippen molar-refractivity contribution in [3.05, 3.63) is 10.6 Å². The number of amides is 2. The fraction of sp³-hybridized carbons (Fsp3) is 0.722. The Labute approximate surface area is 196 Å². The van der Waals surface area contributed by atoms with Crippen LogP contribution in [0.4, 0.5) is 0 Å². The number of hydrogen-bond acceptors (Lipinski definition) is 8. The van der Waals surface area contributed by atoms with Crippen LogP contribution in [0.3, 0.4) is 0 Å². The quantitative estimate of drug-likeness (QED) is 0.267. The maximum atomic E-state index is 12.4. The number of hydrogen-bond donors (Lipinski definition) is 3. The molecule has 7 atom stereocenters. The molecule has 9 nitrogen and oxygen atoms in total. The number of carboxylic acid groups (broad SMARTS) is 1. The van der Waals surface area contributed by atoms with E-state index < -0.39 is 24.0 Å². The summed E-state index contributed by atoms with van der Waals surface area (Å²) in [6.45, 7) is 5.77. The zero-order valence-electron chi connectivity index (χ0n) is 17.1. The van der Waals surface area contributed by atoms with Gasteiger partial charge < -0.3 is 35.7 Å². The Hall–Kier alpha value is -0.620. The third-order valence-corrected chi connectivity index (χ3v) is 7.28. The number of β-lactam (4-membered cyclic amide) rings is 1. The van der Waals surface area contributed by atoms with E-state index in [0.717, 1.165) is 0 Å². The monoisotopic (exact) mass is 435 g/mol. The van der Waals surface area contributed by atoms with Crippen LogP contribution in [0.5, 0.6) is 0 Å². The molecule has 2 amide bonds. The fourth-order valence-electron chi connectivity index (χ4n) is 4.15. The molecule has 0 unspecified atom stereocenters. The number of aliphatic hydroxyl groups is 1. The topological polar surface area (TPSA) is 145 Å². The number of fused-ring (bicyclic) bond motifs is 1. The number of carboxylic acids is 1. The van der Waals surface area contributed by atoms with Crippen molar-refractivity contribution < 1.29 is 58.9 Å². The molecule has 29 heavy (non-hydrogen) atoms. The van der Waals surface area contributed by atoms with Crippen molar-refractivity contribution >= 4 is 29.5 Å². The van der Waals surface area contributed by atoms with E-state index in [-0.39, 0.29) is 76.9 Å². The molecule has 0 aliphatic carbocycles. The SMILES string of the molecule is C[C@@H](N)C(=O)NC[C@H]1OCC[C@H]1SC1=C(C(=O)[O-])N2C(=O)[C@H]([C@@H](C)O)[C@H]2[C@H]1C.[Na+]. The summed E-state index contributed by atoms with van der Waals surface area (Å²) < 4.78 is 5.70. The number of aliphatic carboxylic acids is 1. The van der Waals surface area contributed by atoms with Gasteiger partial charge in [0, 0.05) is 29.2 Å². The zero-order valence-corrected chi connectivity index (χ0v) is 19.9. The number of aliphatic hydroxyl groups excluding tert-OH is 1. The molecule has 0 aromatic heterocycles. The minimum Gasteiger partial charge on any atom is -0.543 e. The number of nitrogens with zero attached hydrogens (tertiary/aromatic N) is 1. The molecule has 11 heteroatoms. The van der Waals surface area contributed by atoms with E-state index in [1.54, 1.807) is 13.8 Å². The van der Waals surface area contributed by atoms with Crippen molar-refractivity contribution in [2.24, 2.45) is 17.6 Å². The second-order valence-electron chi connectivity index (χ2n) is 7.64. The van der Waals surface area contributed by atoms with Crippen LogP contribution in [0.25, 0.3) is 0 Å². The second kappa shape index (κ2) is 9.67. The van der Waals surface area contributed by atoms with E-state index in [1.807, 2.05) is 6.92 Å². The molecule has 4 N–H and O–H groups in total. The molecular formula is C18H26N3NaO6S. The van der Waals surface area contributed by atoms with E-state index in [4.69, 9.17) is 10.5 Å². The Bertz CT molecular complexity index is 716. The van der Waals surface area contributed by atoms with Gasteiger partial charge in [0.15, 0.2) is 0 Å². The maximum absolute atomic E-state index is 12.4. The Balaban J connectivity index is 0.00000300. The largest absolute Gasteiger partial charge is 1.00 e. The molecule has 3 heterocycles. The van der Waals surface area contributed by atoms with Crippen molar-refractivity contribution in [2.45, 2.75) is 56.7 Å². The first-order chi connectivity index (χ1) is 13.1. The summed E-state index contributed by atoms with van der Waals surface area (Å²) in [6.07, 6.45) is -0.440. The van der Waals surface area contributed by atoms with Gasteiger partial charge >= 0.3 is 29.6 Å². The van der Waals surface area contributed by atoms with E-state index in [9.17, 15) is 24.6 Å². The first kappa shape index (κ1) is 24.6. The summed E-state index contributed by atoms with van der Waals surface area (Å²) in [5, 5.41) is 24.3. The van der Waals surface area contributed by atoms with E-state index in [1.165, 1.54) is 16.7 Å². The predicted octanol–water partition coefficient (Wildman–Crippen LogP) is -4.84. The van der Waals surface area contributed by atoms with Crippen molar-refractivity contribution in [1.82, 2.24) is 10.2 Å². The summed E-state index contributed by atoms with van der Waals surface area (Å²) in [7, 11) is 0. The Morgan fingerprint density at radius 2 is 2.10 bits per heavy atom. The number of nitrogens with two attached hydrogens (primary N) is 1. The molecule has 2 saturated heterocycles. The molecular weight excluding hydrogens is 409 g/mol. The molecule has 2 fully saturated rings. The first-order valence-electron chi connectivity index (χ1n) is 9.43. The van der Waals surface area contributed by atoms with Gasteiger partial charge in [0.2, 0.25) is 11.8 Å². The standard InChI is InChI=1S/C18H27N3O6S.Na/c1-7-13-12(9(3)22)17(24)21(13)14(18(25)26)15(7)28-11-4-5-27-10(11)6-20-16(23)8(2)19;/h7-13,22H,4-6,19H2,1-3H3,(H,20,23)(H,25,26);/q;+1/p-1/t7-,8-,9-,10-,11-,12-,13-;/m1./s1. The Morgan fingerprint density at radius 3 is 2.66 bits per heavy atom. The van der Waals surface area contributed by atoms with Gasteiger partial charge in [-0.25, -0.2) is 0 Å². The minimum absolute atomic E-state index is 0. The molecule has 0 aromatic carbocycles. The number of carbonyl (C=O) groups is 3. The summed E-state index contributed by atoms with van der Waals surface area (Å²) >= 11 is 1.37. The van der Waals surface area contributed by atoms with Crippen LogP contribution < -0.4 is 45.7 Å². The van der Waals surface area contributed by atoms with Crippen LogP contribution in [0, 0.1) is 11.8 Å².